The highest BCUT2D eigenvalue weighted by Gasteiger charge is 2.43. The topological polar surface area (TPSA) is 89.7 Å². The largest absolute Gasteiger partial charge is 0.464 e. The van der Waals surface area contributed by atoms with E-state index in [2.05, 4.69) is 0 Å². The molecule has 1 heterocycles. The average molecular weight is 375 g/mol. The molecule has 2 aromatic rings. The number of nitrogen functional groups attached to an aromatic ring is 1. The van der Waals surface area contributed by atoms with Crippen LogP contribution in [0.15, 0.2) is 48.5 Å². The molecule has 0 saturated carbocycles. The van der Waals surface area contributed by atoms with E-state index < -0.39 is 23.8 Å². The number of nitrogens with two attached hydrogens (primary N) is 1. The molecule has 2 amide bonds. The van der Waals surface area contributed by atoms with Gasteiger partial charge >= 0.3 is 5.97 Å². The van der Waals surface area contributed by atoms with Crippen molar-refractivity contribution in [3.8, 4) is 0 Å². The van der Waals surface area contributed by atoms with Crippen molar-refractivity contribution in [2.45, 2.75) is 19.4 Å². The zero-order valence-corrected chi connectivity index (χ0v) is 15.0. The minimum absolute atomic E-state index is 0. The molecule has 26 heavy (non-hydrogen) atoms. The van der Waals surface area contributed by atoms with Gasteiger partial charge < -0.3 is 10.5 Å². The zero-order chi connectivity index (χ0) is 18.0. The van der Waals surface area contributed by atoms with Crippen LogP contribution in [-0.4, -0.2) is 35.3 Å². The Morgan fingerprint density at radius 1 is 1.04 bits per heavy atom. The average Bonchev–Trinajstić information content (AvgIpc) is 2.86. The predicted octanol–water partition coefficient (Wildman–Crippen LogP) is 2.46. The number of carbonyl (C=O) groups excluding carboxylic acids is 3. The third-order valence-corrected chi connectivity index (χ3v) is 4.10. The van der Waals surface area contributed by atoms with Gasteiger partial charge in [-0.1, -0.05) is 24.3 Å². The highest BCUT2D eigenvalue weighted by atomic mass is 35.5. The highest BCUT2D eigenvalue weighted by molar-refractivity contribution is 6.22. The molecule has 0 aromatic heterocycles. The first-order chi connectivity index (χ1) is 12.0. The molecule has 0 fully saturated rings. The summed E-state index contributed by atoms with van der Waals surface area (Å²) in [5.41, 5.74) is 7.66. The molecule has 0 aliphatic carbocycles. The zero-order valence-electron chi connectivity index (χ0n) is 14.2. The third kappa shape index (κ3) is 3.55. The van der Waals surface area contributed by atoms with Crippen LogP contribution in [0.3, 0.4) is 0 Å². The van der Waals surface area contributed by atoms with Gasteiger partial charge in [-0.25, -0.2) is 4.79 Å². The van der Waals surface area contributed by atoms with Crippen LogP contribution in [0.25, 0.3) is 0 Å². The number of hydrogen-bond acceptors (Lipinski definition) is 5. The van der Waals surface area contributed by atoms with E-state index in [-0.39, 0.29) is 25.4 Å². The number of rotatable bonds is 5. The number of fused-ring (bicyclic) bond motifs is 1. The van der Waals surface area contributed by atoms with E-state index >= 15 is 0 Å². The SMILES string of the molecule is CCOC(=O)[C@H](Cc1ccc(N)cc1)N1C(=O)c2ccccc2C1=O.Cl. The van der Waals surface area contributed by atoms with Crippen molar-refractivity contribution in [3.63, 3.8) is 0 Å². The van der Waals surface area contributed by atoms with E-state index in [0.717, 1.165) is 10.5 Å². The Labute approximate surface area is 157 Å². The monoisotopic (exact) mass is 374 g/mol. The lowest BCUT2D eigenvalue weighted by molar-refractivity contribution is -0.147. The van der Waals surface area contributed by atoms with Crippen LogP contribution in [0.2, 0.25) is 0 Å². The maximum absolute atomic E-state index is 12.7. The Bertz CT molecular complexity index is 801. The summed E-state index contributed by atoms with van der Waals surface area (Å²) in [4.78, 5) is 38.8. The fourth-order valence-corrected chi connectivity index (χ4v) is 2.89. The molecule has 0 unspecified atom stereocenters. The van der Waals surface area contributed by atoms with Crippen molar-refractivity contribution >= 4 is 35.9 Å². The van der Waals surface area contributed by atoms with E-state index in [1.165, 1.54) is 0 Å². The van der Waals surface area contributed by atoms with Crippen LogP contribution in [0.1, 0.15) is 33.2 Å². The molecule has 136 valence electrons. The van der Waals surface area contributed by atoms with Crippen LogP contribution < -0.4 is 5.73 Å². The standard InChI is InChI=1S/C19H18N2O4.ClH/c1-2-25-19(24)16(11-12-7-9-13(20)10-8-12)21-17(22)14-5-3-4-6-15(14)18(21)23;/h3-10,16H,2,11,20H2,1H3;1H/t16-;/m0./s1. The number of ether oxygens (including phenoxy) is 1. The summed E-state index contributed by atoms with van der Waals surface area (Å²) >= 11 is 0. The lowest BCUT2D eigenvalue weighted by Crippen LogP contribution is -2.47. The van der Waals surface area contributed by atoms with Crippen molar-refractivity contribution in [1.82, 2.24) is 4.90 Å². The van der Waals surface area contributed by atoms with Crippen molar-refractivity contribution < 1.29 is 19.1 Å². The molecule has 0 saturated heterocycles. The Kier molecular flexibility index (Phi) is 6.00. The van der Waals surface area contributed by atoms with Gasteiger partial charge in [0.05, 0.1) is 17.7 Å². The molecule has 0 bridgehead atoms. The van der Waals surface area contributed by atoms with Crippen LogP contribution in [0.4, 0.5) is 5.69 Å². The fourth-order valence-electron chi connectivity index (χ4n) is 2.89. The molecule has 1 aliphatic rings. The molecule has 2 aromatic carbocycles. The molecule has 6 nitrogen and oxygen atoms in total. The predicted molar refractivity (Wildman–Crippen MR) is 99.2 cm³/mol. The number of halogens is 1. The Balaban J connectivity index is 0.00000243. The van der Waals surface area contributed by atoms with Crippen LogP contribution in [0.5, 0.6) is 0 Å². The highest BCUT2D eigenvalue weighted by Crippen LogP contribution is 2.26. The van der Waals surface area contributed by atoms with Crippen molar-refractivity contribution in [2.24, 2.45) is 0 Å². The van der Waals surface area contributed by atoms with Gasteiger partial charge in [0.15, 0.2) is 0 Å². The minimum Gasteiger partial charge on any atom is -0.464 e. The second-order valence-corrected chi connectivity index (χ2v) is 5.74. The number of anilines is 1. The summed E-state index contributed by atoms with van der Waals surface area (Å²) in [6, 6.07) is 12.5. The fraction of sp³-hybridized carbons (Fsp3) is 0.211. The molecule has 0 spiro atoms. The normalized spacial score (nSPS) is 13.8. The summed E-state index contributed by atoms with van der Waals surface area (Å²) < 4.78 is 5.10. The smallest absolute Gasteiger partial charge is 0.329 e. The van der Waals surface area contributed by atoms with Gasteiger partial charge in [-0.3, -0.25) is 14.5 Å². The van der Waals surface area contributed by atoms with Crippen molar-refractivity contribution in [1.29, 1.82) is 0 Å². The molecule has 1 atom stereocenters. The summed E-state index contributed by atoms with van der Waals surface area (Å²) in [7, 11) is 0. The number of nitrogens with zero attached hydrogens (tertiary/aromatic N) is 1. The number of amides is 2. The summed E-state index contributed by atoms with van der Waals surface area (Å²) in [5.74, 6) is -1.56. The molecule has 1 aliphatic heterocycles. The van der Waals surface area contributed by atoms with Gasteiger partial charge in [0.1, 0.15) is 6.04 Å². The first kappa shape index (κ1) is 19.5. The van der Waals surface area contributed by atoms with Crippen molar-refractivity contribution in [2.75, 3.05) is 12.3 Å². The molecular formula is C19H19ClN2O4. The number of benzene rings is 2. The number of esters is 1. The molecule has 2 N–H and O–H groups in total. The minimum atomic E-state index is -1.02. The van der Waals surface area contributed by atoms with Crippen LogP contribution in [-0.2, 0) is 16.0 Å². The van der Waals surface area contributed by atoms with E-state index in [9.17, 15) is 14.4 Å². The van der Waals surface area contributed by atoms with E-state index in [1.807, 2.05) is 0 Å². The summed E-state index contributed by atoms with van der Waals surface area (Å²) in [6.07, 6.45) is 0.171. The summed E-state index contributed by atoms with van der Waals surface area (Å²) in [5, 5.41) is 0. The second-order valence-electron chi connectivity index (χ2n) is 5.74. The van der Waals surface area contributed by atoms with Crippen LogP contribution >= 0.6 is 12.4 Å². The quantitative estimate of drug-likeness (QED) is 0.493. The van der Waals surface area contributed by atoms with Crippen molar-refractivity contribution in [3.05, 3.63) is 65.2 Å². The number of imide groups is 1. The van der Waals surface area contributed by atoms with Gasteiger partial charge in [-0.2, -0.15) is 0 Å². The number of hydrogen-bond donors (Lipinski definition) is 1. The van der Waals surface area contributed by atoms with Gasteiger partial charge in [0.2, 0.25) is 0 Å². The van der Waals surface area contributed by atoms with E-state index in [0.29, 0.717) is 16.8 Å². The Hall–Kier alpha value is -2.86. The van der Waals surface area contributed by atoms with Gasteiger partial charge in [-0.15, -0.1) is 12.4 Å². The second kappa shape index (κ2) is 8.01. The lowest BCUT2D eigenvalue weighted by Gasteiger charge is -2.24. The number of carbonyl (C=O) groups is 3. The molecule has 3 rings (SSSR count). The maximum atomic E-state index is 12.7. The first-order valence-corrected chi connectivity index (χ1v) is 8.01. The van der Waals surface area contributed by atoms with Gasteiger partial charge in [0.25, 0.3) is 11.8 Å². The van der Waals surface area contributed by atoms with E-state index in [1.54, 1.807) is 55.5 Å². The molecule has 7 heteroatoms. The summed E-state index contributed by atoms with van der Waals surface area (Å²) in [6.45, 7) is 1.85. The molecule has 0 radical (unpaired) electrons. The molecular weight excluding hydrogens is 356 g/mol. The van der Waals surface area contributed by atoms with Crippen LogP contribution in [0, 0.1) is 0 Å². The Morgan fingerprint density at radius 2 is 1.58 bits per heavy atom. The van der Waals surface area contributed by atoms with E-state index in [4.69, 9.17) is 10.5 Å². The maximum Gasteiger partial charge on any atom is 0.329 e. The Morgan fingerprint density at radius 3 is 2.08 bits per heavy atom. The van der Waals surface area contributed by atoms with Gasteiger partial charge in [0, 0.05) is 12.1 Å². The third-order valence-electron chi connectivity index (χ3n) is 4.10. The van der Waals surface area contributed by atoms with Gasteiger partial charge in [-0.05, 0) is 36.8 Å². The lowest BCUT2D eigenvalue weighted by atomic mass is 10.0. The first-order valence-electron chi connectivity index (χ1n) is 8.01.